The second-order valence-corrected chi connectivity index (χ2v) is 5.14. The largest absolute Gasteiger partial charge is 0.0654 e. The molecule has 78 valence electrons. The lowest BCUT2D eigenvalue weighted by molar-refractivity contribution is 0.310. The third kappa shape index (κ3) is 3.70. The summed E-state index contributed by atoms with van der Waals surface area (Å²) in [5.74, 6) is 3.04. The van der Waals surface area contributed by atoms with E-state index in [4.69, 9.17) is 0 Å². The highest BCUT2D eigenvalue weighted by Gasteiger charge is 2.21. The van der Waals surface area contributed by atoms with Gasteiger partial charge in [0.2, 0.25) is 0 Å². The van der Waals surface area contributed by atoms with Crippen molar-refractivity contribution in [3.63, 3.8) is 0 Å². The van der Waals surface area contributed by atoms with Gasteiger partial charge in [0.05, 0.1) is 0 Å². The molecule has 0 aliphatic heterocycles. The summed E-state index contributed by atoms with van der Waals surface area (Å²) in [6, 6.07) is 0. The quantitative estimate of drug-likeness (QED) is 0.558. The fourth-order valence-corrected chi connectivity index (χ4v) is 2.61. The van der Waals surface area contributed by atoms with Crippen LogP contribution in [0.25, 0.3) is 0 Å². The molecule has 0 amide bonds. The van der Waals surface area contributed by atoms with Gasteiger partial charge in [0, 0.05) is 0 Å². The van der Waals surface area contributed by atoms with E-state index in [-0.39, 0.29) is 0 Å². The van der Waals surface area contributed by atoms with Crippen LogP contribution in [0.15, 0.2) is 0 Å². The maximum atomic E-state index is 2.47. The molecule has 0 heterocycles. The molecule has 0 aromatic carbocycles. The molecule has 0 aromatic heterocycles. The van der Waals surface area contributed by atoms with Crippen LogP contribution in [0.3, 0.4) is 0 Å². The molecular formula is C13H26. The van der Waals surface area contributed by atoms with Crippen LogP contribution in [0.4, 0.5) is 0 Å². The van der Waals surface area contributed by atoms with Crippen molar-refractivity contribution in [3.05, 3.63) is 0 Å². The van der Waals surface area contributed by atoms with E-state index >= 15 is 0 Å². The predicted molar refractivity (Wildman–Crippen MR) is 59.8 cm³/mol. The zero-order valence-corrected chi connectivity index (χ0v) is 9.68. The van der Waals surface area contributed by atoms with E-state index in [9.17, 15) is 0 Å². The molecule has 0 spiro atoms. The first-order valence-corrected chi connectivity index (χ1v) is 6.24. The Morgan fingerprint density at radius 1 is 1.00 bits per heavy atom. The second kappa shape index (κ2) is 5.67. The average Bonchev–Trinajstić information content (AvgIpc) is 2.28. The van der Waals surface area contributed by atoms with Crippen LogP contribution in [0, 0.1) is 17.8 Å². The van der Waals surface area contributed by atoms with E-state index in [0.717, 1.165) is 17.8 Å². The highest BCUT2D eigenvalue weighted by molar-refractivity contribution is 4.73. The first kappa shape index (κ1) is 11.1. The van der Waals surface area contributed by atoms with Gasteiger partial charge in [-0.15, -0.1) is 0 Å². The first-order chi connectivity index (χ1) is 6.24. The topological polar surface area (TPSA) is 0 Å². The van der Waals surface area contributed by atoms with Crippen LogP contribution < -0.4 is 0 Å². The highest BCUT2D eigenvalue weighted by atomic mass is 14.3. The van der Waals surface area contributed by atoms with Crippen molar-refractivity contribution < 1.29 is 0 Å². The van der Waals surface area contributed by atoms with E-state index < -0.39 is 0 Å². The van der Waals surface area contributed by atoms with Gasteiger partial charge in [-0.1, -0.05) is 59.3 Å². The maximum absolute atomic E-state index is 2.47. The molecule has 0 heteroatoms. The summed E-state index contributed by atoms with van der Waals surface area (Å²) in [5, 5.41) is 0. The lowest BCUT2D eigenvalue weighted by Gasteiger charge is -2.20. The van der Waals surface area contributed by atoms with Crippen LogP contribution >= 0.6 is 0 Å². The minimum Gasteiger partial charge on any atom is -0.0654 e. The molecule has 0 N–H and O–H groups in total. The van der Waals surface area contributed by atoms with Gasteiger partial charge in [-0.05, 0) is 24.2 Å². The average molecular weight is 182 g/mol. The molecular weight excluding hydrogens is 156 g/mol. The number of hydrogen-bond donors (Lipinski definition) is 0. The fourth-order valence-electron chi connectivity index (χ4n) is 2.61. The van der Waals surface area contributed by atoms with Gasteiger partial charge in [0.1, 0.15) is 0 Å². The van der Waals surface area contributed by atoms with Crippen molar-refractivity contribution in [2.45, 2.75) is 65.7 Å². The zero-order chi connectivity index (χ0) is 9.68. The second-order valence-electron chi connectivity index (χ2n) is 5.14. The van der Waals surface area contributed by atoms with Crippen LogP contribution in [-0.2, 0) is 0 Å². The number of hydrogen-bond acceptors (Lipinski definition) is 0. The highest BCUT2D eigenvalue weighted by Crippen LogP contribution is 2.34. The van der Waals surface area contributed by atoms with E-state index in [1.807, 2.05) is 0 Å². The van der Waals surface area contributed by atoms with Crippen molar-refractivity contribution in [1.82, 2.24) is 0 Å². The smallest absolute Gasteiger partial charge is 0.0388 e. The molecule has 0 aromatic rings. The Kier molecular flexibility index (Phi) is 4.83. The van der Waals surface area contributed by atoms with Crippen LogP contribution in [0.5, 0.6) is 0 Å². The molecule has 13 heavy (non-hydrogen) atoms. The molecule has 1 aliphatic rings. The zero-order valence-electron chi connectivity index (χ0n) is 9.68. The van der Waals surface area contributed by atoms with Gasteiger partial charge in [-0.25, -0.2) is 0 Å². The number of unbranched alkanes of at least 4 members (excludes halogenated alkanes) is 1. The van der Waals surface area contributed by atoms with Gasteiger partial charge in [-0.2, -0.15) is 0 Å². The minimum absolute atomic E-state index is 0.995. The number of rotatable bonds is 3. The van der Waals surface area contributed by atoms with Gasteiger partial charge in [-0.3, -0.25) is 0 Å². The van der Waals surface area contributed by atoms with E-state index in [1.54, 1.807) is 0 Å². The van der Waals surface area contributed by atoms with Gasteiger partial charge in [0.25, 0.3) is 0 Å². The molecule has 3 unspecified atom stereocenters. The lowest BCUT2D eigenvalue weighted by Crippen LogP contribution is -2.09. The minimum atomic E-state index is 0.995. The summed E-state index contributed by atoms with van der Waals surface area (Å²) in [7, 11) is 0. The normalized spacial score (nSPS) is 35.8. The fraction of sp³-hybridized carbons (Fsp3) is 1.00. The Hall–Kier alpha value is 0. The summed E-state index contributed by atoms with van der Waals surface area (Å²) in [6.07, 6.45) is 10.3. The van der Waals surface area contributed by atoms with Crippen molar-refractivity contribution in [3.8, 4) is 0 Å². The molecule has 1 rings (SSSR count). The third-order valence-corrected chi connectivity index (χ3v) is 3.88. The Morgan fingerprint density at radius 2 is 1.69 bits per heavy atom. The molecule has 0 bridgehead atoms. The van der Waals surface area contributed by atoms with Crippen molar-refractivity contribution in [2.24, 2.45) is 17.8 Å². The summed E-state index contributed by atoms with van der Waals surface area (Å²) in [6.45, 7) is 7.21. The Morgan fingerprint density at radius 3 is 2.38 bits per heavy atom. The standard InChI is InChI=1S/C13H26/c1-4-5-6-13-10-8-11(2)7-9-12(13)3/h11-13H,4-10H2,1-3H3. The summed E-state index contributed by atoms with van der Waals surface area (Å²) in [5.41, 5.74) is 0. The van der Waals surface area contributed by atoms with Gasteiger partial charge >= 0.3 is 0 Å². The summed E-state index contributed by atoms with van der Waals surface area (Å²) < 4.78 is 0. The Balaban J connectivity index is 2.33. The SMILES string of the molecule is CCCCC1CCC(C)CCC1C. The van der Waals surface area contributed by atoms with Crippen molar-refractivity contribution >= 4 is 0 Å². The molecule has 3 atom stereocenters. The molecule has 1 aliphatic carbocycles. The first-order valence-electron chi connectivity index (χ1n) is 6.24. The third-order valence-electron chi connectivity index (χ3n) is 3.88. The predicted octanol–water partition coefficient (Wildman–Crippen LogP) is 4.64. The molecule has 0 radical (unpaired) electrons. The summed E-state index contributed by atoms with van der Waals surface area (Å²) >= 11 is 0. The van der Waals surface area contributed by atoms with Gasteiger partial charge < -0.3 is 0 Å². The van der Waals surface area contributed by atoms with Crippen LogP contribution in [0.1, 0.15) is 65.7 Å². The lowest BCUT2D eigenvalue weighted by atomic mass is 9.86. The molecule has 0 nitrogen and oxygen atoms in total. The van der Waals surface area contributed by atoms with Crippen LogP contribution in [-0.4, -0.2) is 0 Å². The summed E-state index contributed by atoms with van der Waals surface area (Å²) in [4.78, 5) is 0. The monoisotopic (exact) mass is 182 g/mol. The maximum Gasteiger partial charge on any atom is -0.0388 e. The van der Waals surface area contributed by atoms with E-state index in [0.29, 0.717) is 0 Å². The van der Waals surface area contributed by atoms with Crippen molar-refractivity contribution in [2.75, 3.05) is 0 Å². The van der Waals surface area contributed by atoms with E-state index in [2.05, 4.69) is 20.8 Å². The molecule has 1 saturated carbocycles. The molecule has 1 fully saturated rings. The van der Waals surface area contributed by atoms with Crippen molar-refractivity contribution in [1.29, 1.82) is 0 Å². The Bertz CT molecular complexity index is 128. The Labute approximate surface area is 84.1 Å². The van der Waals surface area contributed by atoms with Crippen LogP contribution in [0.2, 0.25) is 0 Å². The van der Waals surface area contributed by atoms with E-state index in [1.165, 1.54) is 44.9 Å². The van der Waals surface area contributed by atoms with Gasteiger partial charge in [0.15, 0.2) is 0 Å². The molecule has 0 saturated heterocycles.